The highest BCUT2D eigenvalue weighted by atomic mass is 32.1. The molecule has 0 fully saturated rings. The van der Waals surface area contributed by atoms with Gasteiger partial charge in [0.05, 0.1) is 13.0 Å². The highest BCUT2D eigenvalue weighted by molar-refractivity contribution is 7.15. The van der Waals surface area contributed by atoms with Gasteiger partial charge in [-0.05, 0) is 52.8 Å². The Labute approximate surface area is 204 Å². The van der Waals surface area contributed by atoms with Crippen molar-refractivity contribution in [3.8, 4) is 16.2 Å². The van der Waals surface area contributed by atoms with Crippen molar-refractivity contribution in [1.29, 1.82) is 0 Å². The van der Waals surface area contributed by atoms with E-state index >= 15 is 0 Å². The fraction of sp³-hybridized carbons (Fsp3) is 0.429. The molecular formula is C28H32O5S. The lowest BCUT2D eigenvalue weighted by Crippen LogP contribution is -2.33. The number of ketones is 2. The summed E-state index contributed by atoms with van der Waals surface area (Å²) in [6.07, 6.45) is 1.28. The molecule has 2 aromatic rings. The summed E-state index contributed by atoms with van der Waals surface area (Å²) in [5.74, 6) is -0.321. The first-order chi connectivity index (χ1) is 15.9. The molecule has 4 rings (SSSR count). The van der Waals surface area contributed by atoms with Crippen molar-refractivity contribution in [3.05, 3.63) is 63.9 Å². The topological polar surface area (TPSA) is 83.8 Å². The van der Waals surface area contributed by atoms with Crippen LogP contribution < -0.4 is 4.74 Å². The molecule has 2 aliphatic rings. The maximum Gasteiger partial charge on any atom is 0.163 e. The van der Waals surface area contributed by atoms with E-state index < -0.39 is 5.92 Å². The lowest BCUT2D eigenvalue weighted by Gasteiger charge is -2.36. The molecule has 0 radical (unpaired) electrons. The monoisotopic (exact) mass is 480 g/mol. The van der Waals surface area contributed by atoms with E-state index in [0.717, 1.165) is 21.1 Å². The third kappa shape index (κ3) is 4.69. The lowest BCUT2D eigenvalue weighted by atomic mass is 9.68. The number of Topliss-reactive ketones (excluding diaryl/α,β-unsaturated/α-hetero) is 2. The summed E-state index contributed by atoms with van der Waals surface area (Å²) >= 11 is 1.47. The van der Waals surface area contributed by atoms with E-state index in [1.807, 2.05) is 64.1 Å². The smallest absolute Gasteiger partial charge is 0.163 e. The second-order valence-electron chi connectivity index (χ2n) is 11.0. The number of hydrogen-bond donors (Lipinski definition) is 2. The molecule has 0 aliphatic heterocycles. The minimum absolute atomic E-state index is 0.0172. The minimum atomic E-state index is -0.774. The molecule has 180 valence electrons. The number of rotatable bonds is 5. The van der Waals surface area contributed by atoms with E-state index in [1.54, 1.807) is 7.11 Å². The van der Waals surface area contributed by atoms with Crippen molar-refractivity contribution in [1.82, 2.24) is 0 Å². The van der Waals surface area contributed by atoms with Crippen LogP contribution in [0.3, 0.4) is 0 Å². The SMILES string of the molecule is COc1ccc(-c2ccc(C(C3=C(O)CC(C)(C)CC3=O)C3=C(O)CC(C)(C)CC3=O)s2)cc1. The van der Waals surface area contributed by atoms with Crippen LogP contribution in [0.4, 0.5) is 0 Å². The normalized spacial score (nSPS) is 20.3. The second-order valence-corrected chi connectivity index (χ2v) is 12.1. The van der Waals surface area contributed by atoms with Crippen LogP contribution >= 0.6 is 11.3 Å². The molecule has 0 spiro atoms. The largest absolute Gasteiger partial charge is 0.512 e. The first-order valence-corrected chi connectivity index (χ1v) is 12.4. The number of hydrogen-bond acceptors (Lipinski definition) is 6. The average molecular weight is 481 g/mol. The summed E-state index contributed by atoms with van der Waals surface area (Å²) in [7, 11) is 1.62. The molecule has 0 amide bonds. The van der Waals surface area contributed by atoms with Crippen LogP contribution in [0.15, 0.2) is 59.1 Å². The Morgan fingerprint density at radius 2 is 1.29 bits per heavy atom. The van der Waals surface area contributed by atoms with Crippen LogP contribution in [0, 0.1) is 10.8 Å². The van der Waals surface area contributed by atoms with Crippen LogP contribution in [0.2, 0.25) is 0 Å². The molecule has 1 aromatic carbocycles. The average Bonchev–Trinajstić information content (AvgIpc) is 3.19. The van der Waals surface area contributed by atoms with Gasteiger partial charge in [0.15, 0.2) is 11.6 Å². The number of aliphatic hydroxyl groups is 2. The van der Waals surface area contributed by atoms with Crippen molar-refractivity contribution in [2.45, 2.75) is 59.3 Å². The number of methoxy groups -OCH3 is 1. The number of allylic oxidation sites excluding steroid dienone is 4. The summed E-state index contributed by atoms with van der Waals surface area (Å²) in [6, 6.07) is 11.5. The number of ether oxygens (including phenoxy) is 1. The first-order valence-electron chi connectivity index (χ1n) is 11.6. The van der Waals surface area contributed by atoms with Crippen LogP contribution in [0.25, 0.3) is 10.4 Å². The number of carbonyl (C=O) groups is 2. The van der Waals surface area contributed by atoms with Crippen molar-refractivity contribution in [3.63, 3.8) is 0 Å². The van der Waals surface area contributed by atoms with E-state index in [2.05, 4.69) is 0 Å². The quantitative estimate of drug-likeness (QED) is 0.486. The lowest BCUT2D eigenvalue weighted by molar-refractivity contribution is -0.119. The van der Waals surface area contributed by atoms with Crippen LogP contribution in [0.1, 0.15) is 64.2 Å². The van der Waals surface area contributed by atoms with E-state index in [1.165, 1.54) is 11.3 Å². The molecule has 0 saturated heterocycles. The maximum absolute atomic E-state index is 13.3. The molecule has 0 atom stereocenters. The third-order valence-electron chi connectivity index (χ3n) is 6.66. The van der Waals surface area contributed by atoms with Gasteiger partial charge in [0.2, 0.25) is 0 Å². The predicted octanol–water partition coefficient (Wildman–Crippen LogP) is 6.91. The van der Waals surface area contributed by atoms with Crippen LogP contribution in [-0.4, -0.2) is 28.9 Å². The summed E-state index contributed by atoms with van der Waals surface area (Å²) in [5.41, 5.74) is 0.774. The highest BCUT2D eigenvalue weighted by Crippen LogP contribution is 2.49. The molecule has 2 N–H and O–H groups in total. The zero-order valence-corrected chi connectivity index (χ0v) is 21.2. The Balaban J connectivity index is 1.85. The maximum atomic E-state index is 13.3. The molecular weight excluding hydrogens is 448 g/mol. The van der Waals surface area contributed by atoms with Gasteiger partial charge in [0.25, 0.3) is 0 Å². The van der Waals surface area contributed by atoms with Gasteiger partial charge in [-0.25, -0.2) is 0 Å². The minimum Gasteiger partial charge on any atom is -0.512 e. The molecule has 0 unspecified atom stereocenters. The summed E-state index contributed by atoms with van der Waals surface area (Å²) in [6.45, 7) is 7.80. The molecule has 0 saturated carbocycles. The van der Waals surface area contributed by atoms with Gasteiger partial charge < -0.3 is 14.9 Å². The number of aliphatic hydroxyl groups excluding tert-OH is 2. The fourth-order valence-corrected chi connectivity index (χ4v) is 6.24. The Morgan fingerprint density at radius 1 is 0.794 bits per heavy atom. The number of carbonyl (C=O) groups excluding carboxylic acids is 2. The summed E-state index contributed by atoms with van der Waals surface area (Å²) in [4.78, 5) is 28.4. The van der Waals surface area contributed by atoms with Gasteiger partial charge in [0.1, 0.15) is 17.3 Å². The number of thiophene rings is 1. The third-order valence-corrected chi connectivity index (χ3v) is 7.86. The van der Waals surface area contributed by atoms with Crippen molar-refractivity contribution in [2.24, 2.45) is 10.8 Å². The zero-order valence-electron chi connectivity index (χ0n) is 20.4. The molecule has 5 nitrogen and oxygen atoms in total. The summed E-state index contributed by atoms with van der Waals surface area (Å²) in [5, 5.41) is 22.1. The Kier molecular flexibility index (Phi) is 6.23. The van der Waals surface area contributed by atoms with Gasteiger partial charge in [-0.15, -0.1) is 11.3 Å². The molecule has 0 bridgehead atoms. The molecule has 34 heavy (non-hydrogen) atoms. The summed E-state index contributed by atoms with van der Waals surface area (Å²) < 4.78 is 5.25. The Hall–Kier alpha value is -2.86. The van der Waals surface area contributed by atoms with Gasteiger partial charge >= 0.3 is 0 Å². The van der Waals surface area contributed by atoms with Crippen LogP contribution in [0.5, 0.6) is 5.75 Å². The molecule has 6 heteroatoms. The molecule has 1 heterocycles. The van der Waals surface area contributed by atoms with Gasteiger partial charge in [-0.3, -0.25) is 9.59 Å². The van der Waals surface area contributed by atoms with Crippen molar-refractivity contribution >= 4 is 22.9 Å². The van der Waals surface area contributed by atoms with Crippen LogP contribution in [-0.2, 0) is 9.59 Å². The van der Waals surface area contributed by atoms with Gasteiger partial charge in [-0.1, -0.05) is 27.7 Å². The first kappa shape index (κ1) is 24.3. The Morgan fingerprint density at radius 3 is 1.74 bits per heavy atom. The fourth-order valence-electron chi connectivity index (χ4n) is 5.11. The van der Waals surface area contributed by atoms with E-state index in [-0.39, 0.29) is 57.9 Å². The zero-order chi connectivity index (χ0) is 24.8. The van der Waals surface area contributed by atoms with Crippen molar-refractivity contribution < 1.29 is 24.5 Å². The predicted molar refractivity (Wildman–Crippen MR) is 134 cm³/mol. The molecule has 2 aliphatic carbocycles. The second kappa shape index (κ2) is 8.73. The Bertz CT molecular complexity index is 1140. The van der Waals surface area contributed by atoms with Gasteiger partial charge in [-0.2, -0.15) is 0 Å². The highest BCUT2D eigenvalue weighted by Gasteiger charge is 2.44. The van der Waals surface area contributed by atoms with Gasteiger partial charge in [0, 0.05) is 46.6 Å². The standard InChI is InChI=1S/C28H32O5S/c1-27(2)12-18(29)24(19(30)13-27)26(25-20(31)14-28(3,4)15-21(25)32)23-11-10-22(34-23)16-6-8-17(33-5)9-7-16/h6-11,26,29,31H,12-15H2,1-5H3. The van der Waals surface area contributed by atoms with E-state index in [0.29, 0.717) is 12.8 Å². The molecule has 1 aromatic heterocycles. The number of benzene rings is 1. The van der Waals surface area contributed by atoms with Crippen molar-refractivity contribution in [2.75, 3.05) is 7.11 Å². The van der Waals surface area contributed by atoms with E-state index in [9.17, 15) is 19.8 Å². The van der Waals surface area contributed by atoms with E-state index in [4.69, 9.17) is 4.74 Å².